The SMILES string of the molecule is O=C(CN1C(=O)CCCC1=O)c1ccc(Cl)c(Cl)c1. The van der Waals surface area contributed by atoms with E-state index >= 15 is 0 Å². The summed E-state index contributed by atoms with van der Waals surface area (Å²) in [7, 11) is 0. The molecule has 1 aliphatic heterocycles. The molecule has 0 unspecified atom stereocenters. The van der Waals surface area contributed by atoms with Gasteiger partial charge in [-0.15, -0.1) is 0 Å². The zero-order valence-corrected chi connectivity index (χ0v) is 11.5. The highest BCUT2D eigenvalue weighted by Gasteiger charge is 2.28. The number of likely N-dealkylation sites (tertiary alicyclic amines) is 1. The molecule has 6 heteroatoms. The fourth-order valence-corrected chi connectivity index (χ4v) is 2.18. The molecular formula is C13H11Cl2NO3. The van der Waals surface area contributed by atoms with Gasteiger partial charge in [0.1, 0.15) is 0 Å². The molecule has 0 N–H and O–H groups in total. The highest BCUT2D eigenvalue weighted by molar-refractivity contribution is 6.42. The third kappa shape index (κ3) is 3.14. The van der Waals surface area contributed by atoms with Crippen molar-refractivity contribution >= 4 is 40.8 Å². The van der Waals surface area contributed by atoms with Gasteiger partial charge in [-0.1, -0.05) is 23.2 Å². The summed E-state index contributed by atoms with van der Waals surface area (Å²) in [4.78, 5) is 36.2. The maximum absolute atomic E-state index is 12.0. The molecule has 1 aromatic rings. The summed E-state index contributed by atoms with van der Waals surface area (Å²) in [5, 5.41) is 0.618. The number of carbonyl (C=O) groups excluding carboxylic acids is 3. The van der Waals surface area contributed by atoms with Crippen LogP contribution in [0, 0.1) is 0 Å². The minimum Gasteiger partial charge on any atom is -0.292 e. The third-order valence-electron chi connectivity index (χ3n) is 2.93. The molecule has 0 aromatic heterocycles. The maximum Gasteiger partial charge on any atom is 0.229 e. The van der Waals surface area contributed by atoms with E-state index in [-0.39, 0.29) is 29.2 Å². The maximum atomic E-state index is 12.0. The molecule has 0 saturated carbocycles. The van der Waals surface area contributed by atoms with Crippen molar-refractivity contribution in [2.75, 3.05) is 6.54 Å². The summed E-state index contributed by atoms with van der Waals surface area (Å²) in [5.74, 6) is -0.934. The molecule has 2 rings (SSSR count). The predicted molar refractivity (Wildman–Crippen MR) is 71.4 cm³/mol. The normalized spacial score (nSPS) is 15.8. The Hall–Kier alpha value is -1.39. The zero-order chi connectivity index (χ0) is 14.0. The lowest BCUT2D eigenvalue weighted by Gasteiger charge is -2.24. The Labute approximate surface area is 120 Å². The number of amides is 2. The van der Waals surface area contributed by atoms with E-state index in [1.54, 1.807) is 0 Å². The predicted octanol–water partition coefficient (Wildman–Crippen LogP) is 2.72. The molecule has 1 heterocycles. The Bertz CT molecular complexity index is 541. The standard InChI is InChI=1S/C13H11Cl2NO3/c14-9-5-4-8(6-10(9)15)11(17)7-16-12(18)2-1-3-13(16)19/h4-6H,1-3,7H2. The number of Topliss-reactive ketones (excluding diaryl/α,β-unsaturated/α-hetero) is 1. The van der Waals surface area contributed by atoms with Gasteiger partial charge in [0.25, 0.3) is 0 Å². The van der Waals surface area contributed by atoms with Crippen LogP contribution in [0.5, 0.6) is 0 Å². The van der Waals surface area contributed by atoms with Crippen LogP contribution >= 0.6 is 23.2 Å². The molecule has 1 aromatic carbocycles. The summed E-state index contributed by atoms with van der Waals surface area (Å²) in [6.07, 6.45) is 1.16. The lowest BCUT2D eigenvalue weighted by Crippen LogP contribution is -2.43. The first kappa shape index (κ1) is 14.0. The first-order chi connectivity index (χ1) is 8.99. The van der Waals surface area contributed by atoms with Crippen LogP contribution < -0.4 is 0 Å². The van der Waals surface area contributed by atoms with Gasteiger partial charge >= 0.3 is 0 Å². The second kappa shape index (κ2) is 5.72. The van der Waals surface area contributed by atoms with E-state index < -0.39 is 0 Å². The number of imide groups is 1. The van der Waals surface area contributed by atoms with Gasteiger partial charge in [0.2, 0.25) is 11.8 Å². The average Bonchev–Trinajstić information content (AvgIpc) is 2.37. The lowest BCUT2D eigenvalue weighted by atomic mass is 10.1. The molecule has 100 valence electrons. The van der Waals surface area contributed by atoms with E-state index in [4.69, 9.17) is 23.2 Å². The average molecular weight is 300 g/mol. The Balaban J connectivity index is 2.14. The summed E-state index contributed by atoms with van der Waals surface area (Å²) in [6, 6.07) is 4.47. The highest BCUT2D eigenvalue weighted by Crippen LogP contribution is 2.23. The molecule has 19 heavy (non-hydrogen) atoms. The summed E-state index contributed by atoms with van der Waals surface area (Å²) in [6.45, 7) is -0.240. The smallest absolute Gasteiger partial charge is 0.229 e. The van der Waals surface area contributed by atoms with Gasteiger partial charge in [-0.2, -0.15) is 0 Å². The molecule has 2 amide bonds. The topological polar surface area (TPSA) is 54.5 Å². The summed E-state index contributed by atoms with van der Waals surface area (Å²) in [5.41, 5.74) is 0.334. The van der Waals surface area contributed by atoms with Crippen LogP contribution in [-0.2, 0) is 9.59 Å². The van der Waals surface area contributed by atoms with Crippen LogP contribution in [0.4, 0.5) is 0 Å². The number of rotatable bonds is 3. The number of nitrogens with zero attached hydrogens (tertiary/aromatic N) is 1. The van der Waals surface area contributed by atoms with Gasteiger partial charge in [-0.25, -0.2) is 0 Å². The minimum atomic E-state index is -0.331. The number of hydrogen-bond acceptors (Lipinski definition) is 3. The fraction of sp³-hybridized carbons (Fsp3) is 0.308. The van der Waals surface area contributed by atoms with Gasteiger partial charge in [0.15, 0.2) is 5.78 Å². The summed E-state index contributed by atoms with van der Waals surface area (Å²) < 4.78 is 0. The van der Waals surface area contributed by atoms with E-state index in [1.807, 2.05) is 0 Å². The van der Waals surface area contributed by atoms with Crippen molar-refractivity contribution < 1.29 is 14.4 Å². The van der Waals surface area contributed by atoms with Crippen molar-refractivity contribution in [1.82, 2.24) is 4.90 Å². The summed E-state index contributed by atoms with van der Waals surface area (Å²) >= 11 is 11.6. The lowest BCUT2D eigenvalue weighted by molar-refractivity contribution is -0.147. The van der Waals surface area contributed by atoms with E-state index in [2.05, 4.69) is 0 Å². The van der Waals surface area contributed by atoms with Crippen LogP contribution in [0.1, 0.15) is 29.6 Å². The zero-order valence-electron chi connectivity index (χ0n) is 9.99. The Morgan fingerprint density at radius 1 is 1.11 bits per heavy atom. The van der Waals surface area contributed by atoms with E-state index in [1.165, 1.54) is 18.2 Å². The Morgan fingerprint density at radius 3 is 2.32 bits per heavy atom. The second-order valence-corrected chi connectivity index (χ2v) is 5.09. The van der Waals surface area contributed by atoms with E-state index in [9.17, 15) is 14.4 Å². The van der Waals surface area contributed by atoms with Crippen molar-refractivity contribution in [3.63, 3.8) is 0 Å². The minimum absolute atomic E-state index is 0.240. The second-order valence-electron chi connectivity index (χ2n) is 4.28. The van der Waals surface area contributed by atoms with Crippen LogP contribution in [-0.4, -0.2) is 29.0 Å². The van der Waals surface area contributed by atoms with Crippen LogP contribution in [0.3, 0.4) is 0 Å². The van der Waals surface area contributed by atoms with E-state index in [0.717, 1.165) is 4.90 Å². The van der Waals surface area contributed by atoms with Gasteiger partial charge in [0, 0.05) is 18.4 Å². The molecule has 1 aliphatic rings. The number of ketones is 1. The van der Waals surface area contributed by atoms with Crippen molar-refractivity contribution in [3.8, 4) is 0 Å². The number of piperidine rings is 1. The van der Waals surface area contributed by atoms with Crippen molar-refractivity contribution in [2.24, 2.45) is 0 Å². The first-order valence-corrected chi connectivity index (χ1v) is 6.56. The first-order valence-electron chi connectivity index (χ1n) is 5.80. The third-order valence-corrected chi connectivity index (χ3v) is 3.67. The van der Waals surface area contributed by atoms with Gasteiger partial charge < -0.3 is 0 Å². The van der Waals surface area contributed by atoms with Crippen LogP contribution in [0.15, 0.2) is 18.2 Å². The molecule has 4 nitrogen and oxygen atoms in total. The Morgan fingerprint density at radius 2 is 1.74 bits per heavy atom. The largest absolute Gasteiger partial charge is 0.292 e. The van der Waals surface area contributed by atoms with Gasteiger partial charge in [-0.3, -0.25) is 19.3 Å². The van der Waals surface area contributed by atoms with Crippen molar-refractivity contribution in [1.29, 1.82) is 0 Å². The molecule has 0 radical (unpaired) electrons. The van der Waals surface area contributed by atoms with E-state index in [0.29, 0.717) is 29.8 Å². The Kier molecular flexibility index (Phi) is 4.22. The molecular weight excluding hydrogens is 289 g/mol. The number of halogens is 2. The highest BCUT2D eigenvalue weighted by atomic mass is 35.5. The molecule has 0 aliphatic carbocycles. The van der Waals surface area contributed by atoms with Crippen molar-refractivity contribution in [3.05, 3.63) is 33.8 Å². The fourth-order valence-electron chi connectivity index (χ4n) is 1.88. The van der Waals surface area contributed by atoms with Gasteiger partial charge in [-0.05, 0) is 24.6 Å². The molecule has 0 bridgehead atoms. The number of benzene rings is 1. The quantitative estimate of drug-likeness (QED) is 0.637. The molecule has 1 saturated heterocycles. The monoisotopic (exact) mass is 299 g/mol. The number of carbonyl (C=O) groups is 3. The van der Waals surface area contributed by atoms with Crippen LogP contribution in [0.2, 0.25) is 10.0 Å². The van der Waals surface area contributed by atoms with Crippen molar-refractivity contribution in [2.45, 2.75) is 19.3 Å². The van der Waals surface area contributed by atoms with Crippen LogP contribution in [0.25, 0.3) is 0 Å². The molecule has 0 atom stereocenters. The van der Waals surface area contributed by atoms with Gasteiger partial charge in [0.05, 0.1) is 16.6 Å². The molecule has 0 spiro atoms. The number of hydrogen-bond donors (Lipinski definition) is 0. The molecule has 1 fully saturated rings.